The van der Waals surface area contributed by atoms with Gasteiger partial charge in [-0.15, -0.1) is 0 Å². The largest absolute Gasteiger partial charge is 0.480 e. The number of carboxylic acid groups (broad SMARTS) is 1. The Kier molecular flexibility index (Phi) is 8.14. The second-order valence-electron chi connectivity index (χ2n) is 11.9. The molecule has 202 valence electrons. The average molecular weight is 514 g/mol. The molecule has 2 saturated carbocycles. The highest BCUT2D eigenvalue weighted by molar-refractivity contribution is 5.97. The smallest absolute Gasteiger partial charge is 0.326 e. The Bertz CT molecular complexity index is 1000. The number of nitrogens with one attached hydrogen (secondary N) is 2. The van der Waals surface area contributed by atoms with Gasteiger partial charge in [-0.2, -0.15) is 0 Å². The van der Waals surface area contributed by atoms with Crippen molar-refractivity contribution < 1.29 is 24.3 Å². The van der Waals surface area contributed by atoms with Crippen LogP contribution in [0.4, 0.5) is 0 Å². The van der Waals surface area contributed by atoms with Gasteiger partial charge in [0.1, 0.15) is 23.8 Å². The van der Waals surface area contributed by atoms with Crippen molar-refractivity contribution in [1.29, 1.82) is 0 Å². The molecular formula is C27H39N5O5. The van der Waals surface area contributed by atoms with Gasteiger partial charge in [0.2, 0.25) is 11.8 Å². The maximum atomic E-state index is 13.9. The highest BCUT2D eigenvalue weighted by atomic mass is 16.4. The SMILES string of the molecule is CC(C)(C)C(NC(=O)C(NC(=O)c1cnccn1)C1CCCCC1)C(=O)N1CC2CCCC2[C@H]1C(=O)O. The van der Waals surface area contributed by atoms with Crippen LogP contribution in [0.15, 0.2) is 18.6 Å². The Balaban J connectivity index is 1.56. The Labute approximate surface area is 218 Å². The maximum absolute atomic E-state index is 13.9. The van der Waals surface area contributed by atoms with E-state index in [0.29, 0.717) is 6.54 Å². The van der Waals surface area contributed by atoms with E-state index in [-0.39, 0.29) is 29.4 Å². The topological polar surface area (TPSA) is 142 Å². The molecule has 0 aromatic carbocycles. The van der Waals surface area contributed by atoms with Gasteiger partial charge in [-0.1, -0.05) is 46.5 Å². The lowest BCUT2D eigenvalue weighted by molar-refractivity contribution is -0.152. The number of aromatic nitrogens is 2. The van der Waals surface area contributed by atoms with Gasteiger partial charge >= 0.3 is 5.97 Å². The molecule has 1 aromatic rings. The first-order chi connectivity index (χ1) is 17.6. The summed E-state index contributed by atoms with van der Waals surface area (Å²) in [4.78, 5) is 62.2. The van der Waals surface area contributed by atoms with Crippen LogP contribution in [-0.4, -0.2) is 68.3 Å². The fraction of sp³-hybridized carbons (Fsp3) is 0.704. The predicted molar refractivity (Wildman–Crippen MR) is 135 cm³/mol. The maximum Gasteiger partial charge on any atom is 0.326 e. The molecule has 5 atom stereocenters. The van der Waals surface area contributed by atoms with Crippen molar-refractivity contribution in [3.8, 4) is 0 Å². The molecule has 3 N–H and O–H groups in total. The van der Waals surface area contributed by atoms with Gasteiger partial charge in [0.15, 0.2) is 0 Å². The van der Waals surface area contributed by atoms with Crippen LogP contribution >= 0.6 is 0 Å². The molecular weight excluding hydrogens is 474 g/mol. The zero-order valence-corrected chi connectivity index (χ0v) is 22.0. The van der Waals surface area contributed by atoms with Gasteiger partial charge in [-0.25, -0.2) is 9.78 Å². The van der Waals surface area contributed by atoms with Crippen molar-refractivity contribution in [3.05, 3.63) is 24.3 Å². The first-order valence-corrected chi connectivity index (χ1v) is 13.5. The van der Waals surface area contributed by atoms with Gasteiger partial charge in [-0.05, 0) is 48.9 Å². The monoisotopic (exact) mass is 513 g/mol. The van der Waals surface area contributed by atoms with Gasteiger partial charge in [0, 0.05) is 18.9 Å². The van der Waals surface area contributed by atoms with Crippen molar-refractivity contribution in [2.45, 2.75) is 90.3 Å². The Morgan fingerprint density at radius 3 is 2.35 bits per heavy atom. The lowest BCUT2D eigenvalue weighted by atomic mass is 9.82. The second-order valence-corrected chi connectivity index (χ2v) is 11.9. The summed E-state index contributed by atoms with van der Waals surface area (Å²) in [5.41, 5.74) is -0.549. The molecule has 4 unspecified atom stereocenters. The molecule has 10 heteroatoms. The second kappa shape index (κ2) is 11.1. The van der Waals surface area contributed by atoms with E-state index in [4.69, 9.17) is 0 Å². The minimum absolute atomic E-state index is 0.0426. The summed E-state index contributed by atoms with van der Waals surface area (Å²) in [5, 5.41) is 15.8. The highest BCUT2D eigenvalue weighted by Crippen LogP contribution is 2.43. The molecule has 0 radical (unpaired) electrons. The number of amides is 3. The van der Waals surface area contributed by atoms with Crippen molar-refractivity contribution in [2.75, 3.05) is 6.54 Å². The van der Waals surface area contributed by atoms with Crippen molar-refractivity contribution in [3.63, 3.8) is 0 Å². The van der Waals surface area contributed by atoms with E-state index >= 15 is 0 Å². The van der Waals surface area contributed by atoms with E-state index < -0.39 is 41.3 Å². The van der Waals surface area contributed by atoms with E-state index in [2.05, 4.69) is 20.6 Å². The summed E-state index contributed by atoms with van der Waals surface area (Å²) in [6.45, 7) is 5.97. The zero-order chi connectivity index (χ0) is 26.7. The summed E-state index contributed by atoms with van der Waals surface area (Å²) in [6.07, 6.45) is 11.5. The minimum atomic E-state index is -0.988. The van der Waals surface area contributed by atoms with Crippen LogP contribution in [-0.2, 0) is 14.4 Å². The number of carboxylic acids is 1. The number of rotatable bonds is 7. The van der Waals surface area contributed by atoms with Crippen molar-refractivity contribution in [1.82, 2.24) is 25.5 Å². The Hall–Kier alpha value is -3.04. The highest BCUT2D eigenvalue weighted by Gasteiger charge is 2.52. The van der Waals surface area contributed by atoms with Gasteiger partial charge in [0.05, 0.1) is 6.20 Å². The van der Waals surface area contributed by atoms with Gasteiger partial charge in [0.25, 0.3) is 5.91 Å². The zero-order valence-electron chi connectivity index (χ0n) is 22.0. The third-order valence-electron chi connectivity index (χ3n) is 8.31. The molecule has 37 heavy (non-hydrogen) atoms. The normalized spacial score (nSPS) is 25.7. The Morgan fingerprint density at radius 1 is 1.00 bits per heavy atom. The molecule has 1 aromatic heterocycles. The molecule has 1 saturated heterocycles. The van der Waals surface area contributed by atoms with Crippen LogP contribution in [0.5, 0.6) is 0 Å². The minimum Gasteiger partial charge on any atom is -0.480 e. The molecule has 4 rings (SSSR count). The number of carbonyl (C=O) groups is 4. The molecule has 1 aliphatic heterocycles. The lowest BCUT2D eigenvalue weighted by Gasteiger charge is -2.37. The predicted octanol–water partition coefficient (Wildman–Crippen LogP) is 2.40. The van der Waals surface area contributed by atoms with Crippen LogP contribution in [0.1, 0.15) is 82.6 Å². The number of hydrogen-bond donors (Lipinski definition) is 3. The van der Waals surface area contributed by atoms with Crippen LogP contribution in [0.25, 0.3) is 0 Å². The molecule has 3 fully saturated rings. The number of carbonyl (C=O) groups excluding carboxylic acids is 3. The number of likely N-dealkylation sites (tertiary alicyclic amines) is 1. The van der Waals surface area contributed by atoms with E-state index in [1.54, 1.807) is 0 Å². The third kappa shape index (κ3) is 5.93. The standard InChI is InChI=1S/C27H39N5O5/c1-27(2,3)22(25(35)32-15-17-10-7-11-18(17)21(32)26(36)37)31-24(34)20(16-8-5-4-6-9-16)30-23(33)19-14-28-12-13-29-19/h12-14,16-18,20-22H,4-11,15H2,1-3H3,(H,30,33)(H,31,34)(H,36,37)/t17?,18?,20?,21-,22?/m0/s1. The van der Waals surface area contributed by atoms with E-state index in [1.807, 2.05) is 20.8 Å². The molecule has 0 spiro atoms. The van der Waals surface area contributed by atoms with Crippen molar-refractivity contribution in [2.24, 2.45) is 23.2 Å². The lowest BCUT2D eigenvalue weighted by Crippen LogP contribution is -2.61. The van der Waals surface area contributed by atoms with Crippen molar-refractivity contribution >= 4 is 23.7 Å². The third-order valence-corrected chi connectivity index (χ3v) is 8.31. The van der Waals surface area contributed by atoms with E-state index in [0.717, 1.165) is 51.4 Å². The first kappa shape index (κ1) is 27.0. The Morgan fingerprint density at radius 2 is 1.73 bits per heavy atom. The van der Waals surface area contributed by atoms with Gasteiger partial charge < -0.3 is 20.6 Å². The quantitative estimate of drug-likeness (QED) is 0.508. The fourth-order valence-corrected chi connectivity index (χ4v) is 6.39. The number of nitrogens with zero attached hydrogens (tertiary/aromatic N) is 3. The molecule has 10 nitrogen and oxygen atoms in total. The first-order valence-electron chi connectivity index (χ1n) is 13.5. The van der Waals surface area contributed by atoms with Crippen LogP contribution in [0.2, 0.25) is 0 Å². The van der Waals surface area contributed by atoms with Crippen LogP contribution in [0, 0.1) is 23.2 Å². The number of fused-ring (bicyclic) bond motifs is 1. The van der Waals surface area contributed by atoms with Crippen LogP contribution < -0.4 is 10.6 Å². The summed E-state index contributed by atoms with van der Waals surface area (Å²) < 4.78 is 0. The average Bonchev–Trinajstić information content (AvgIpc) is 3.47. The molecule has 0 bridgehead atoms. The summed E-state index contributed by atoms with van der Waals surface area (Å²) in [7, 11) is 0. The molecule has 3 amide bonds. The summed E-state index contributed by atoms with van der Waals surface area (Å²) in [6, 6.07) is -2.63. The number of aliphatic carboxylic acids is 1. The molecule has 2 heterocycles. The van der Waals surface area contributed by atoms with E-state index in [9.17, 15) is 24.3 Å². The van der Waals surface area contributed by atoms with Gasteiger partial charge in [-0.3, -0.25) is 19.4 Å². The summed E-state index contributed by atoms with van der Waals surface area (Å²) in [5.74, 6) is -2.20. The molecule has 2 aliphatic carbocycles. The fourth-order valence-electron chi connectivity index (χ4n) is 6.39. The van der Waals surface area contributed by atoms with Crippen LogP contribution in [0.3, 0.4) is 0 Å². The molecule has 3 aliphatic rings. The number of hydrogen-bond acceptors (Lipinski definition) is 6. The summed E-state index contributed by atoms with van der Waals surface area (Å²) >= 11 is 0. The van der Waals surface area contributed by atoms with E-state index in [1.165, 1.54) is 23.5 Å².